The number of sulfone groups is 2. The van der Waals surface area contributed by atoms with Crippen LogP contribution in [0.3, 0.4) is 0 Å². The van der Waals surface area contributed by atoms with Crippen LogP contribution in [0, 0.1) is 0 Å². The molecule has 1 heterocycles. The quantitative estimate of drug-likeness (QED) is 0.894. The molecule has 1 N–H and O–H groups in total. The first-order chi connectivity index (χ1) is 8.27. The van der Waals surface area contributed by atoms with E-state index in [4.69, 9.17) is 0 Å². The fourth-order valence-electron chi connectivity index (χ4n) is 1.84. The molecule has 1 aliphatic heterocycles. The molecule has 0 atom stereocenters. The van der Waals surface area contributed by atoms with Crippen LogP contribution in [0.25, 0.3) is 5.57 Å². The number of benzene rings is 1. The Morgan fingerprint density at radius 3 is 2.56 bits per heavy atom. The van der Waals surface area contributed by atoms with Gasteiger partial charge in [0.25, 0.3) is 0 Å². The molecule has 0 unspecified atom stereocenters. The molecule has 1 aromatic rings. The van der Waals surface area contributed by atoms with Crippen LogP contribution in [0.1, 0.15) is 12.5 Å². The topological polar surface area (TPSA) is 88.5 Å². The summed E-state index contributed by atoms with van der Waals surface area (Å²) in [7, 11) is -7.07. The second-order valence-corrected chi connectivity index (χ2v) is 8.11. The number of phenolic OH excluding ortho intramolecular Hbond substituents is 1. The van der Waals surface area contributed by atoms with Gasteiger partial charge in [-0.2, -0.15) is 0 Å². The van der Waals surface area contributed by atoms with Crippen LogP contribution in [0.5, 0.6) is 5.75 Å². The number of rotatable bonds is 3. The third kappa shape index (κ3) is 2.15. The summed E-state index contributed by atoms with van der Waals surface area (Å²) in [5.74, 6) is -0.745. The molecule has 5 nitrogen and oxygen atoms in total. The van der Waals surface area contributed by atoms with Crippen LogP contribution in [0.2, 0.25) is 0 Å². The first kappa shape index (κ1) is 13.1. The third-order valence-electron chi connectivity index (χ3n) is 2.74. The summed E-state index contributed by atoms with van der Waals surface area (Å²) >= 11 is 0. The predicted molar refractivity (Wildman–Crippen MR) is 67.6 cm³/mol. The zero-order chi connectivity index (χ0) is 13.6. The van der Waals surface area contributed by atoms with Gasteiger partial charge < -0.3 is 5.11 Å². The van der Waals surface area contributed by atoms with Crippen molar-refractivity contribution in [3.8, 4) is 5.75 Å². The lowest BCUT2D eigenvalue weighted by atomic mass is 10.1. The summed E-state index contributed by atoms with van der Waals surface area (Å²) in [6.07, 6.45) is 0. The van der Waals surface area contributed by atoms with Gasteiger partial charge in [-0.25, -0.2) is 16.8 Å². The van der Waals surface area contributed by atoms with Gasteiger partial charge in [-0.3, -0.25) is 0 Å². The highest BCUT2D eigenvalue weighted by Crippen LogP contribution is 2.39. The molecule has 0 bridgehead atoms. The maximum atomic E-state index is 11.8. The first-order valence-corrected chi connectivity index (χ1v) is 8.62. The summed E-state index contributed by atoms with van der Waals surface area (Å²) in [5.41, 5.74) is 0.481. The van der Waals surface area contributed by atoms with Gasteiger partial charge in [0.2, 0.25) is 9.84 Å². The van der Waals surface area contributed by atoms with Gasteiger partial charge in [-0.05, 0) is 11.6 Å². The molecule has 0 spiro atoms. The third-order valence-corrected chi connectivity index (χ3v) is 5.96. The van der Waals surface area contributed by atoms with Crippen molar-refractivity contribution in [3.05, 3.63) is 29.2 Å². The Kier molecular flexibility index (Phi) is 2.98. The van der Waals surface area contributed by atoms with Crippen molar-refractivity contribution < 1.29 is 21.9 Å². The zero-order valence-electron chi connectivity index (χ0n) is 9.62. The Morgan fingerprint density at radius 1 is 1.28 bits per heavy atom. The van der Waals surface area contributed by atoms with Crippen molar-refractivity contribution in [2.75, 3.05) is 11.5 Å². The van der Waals surface area contributed by atoms with Crippen LogP contribution >= 0.6 is 0 Å². The zero-order valence-corrected chi connectivity index (χ0v) is 11.3. The van der Waals surface area contributed by atoms with Crippen molar-refractivity contribution in [1.82, 2.24) is 0 Å². The highest BCUT2D eigenvalue weighted by Gasteiger charge is 2.31. The summed E-state index contributed by atoms with van der Waals surface area (Å²) in [6, 6.07) is 4.25. The van der Waals surface area contributed by atoms with E-state index in [1.807, 2.05) is 0 Å². The van der Waals surface area contributed by atoms with E-state index in [2.05, 4.69) is 0 Å². The van der Waals surface area contributed by atoms with Crippen LogP contribution in [-0.4, -0.2) is 33.4 Å². The monoisotopic (exact) mass is 288 g/mol. The van der Waals surface area contributed by atoms with Gasteiger partial charge >= 0.3 is 0 Å². The number of aromatic hydroxyl groups is 1. The van der Waals surface area contributed by atoms with E-state index < -0.39 is 19.7 Å². The number of hydrogen-bond acceptors (Lipinski definition) is 5. The molecule has 18 heavy (non-hydrogen) atoms. The number of hydrogen-bond donors (Lipinski definition) is 1. The van der Waals surface area contributed by atoms with E-state index in [9.17, 15) is 21.9 Å². The molecule has 2 rings (SSSR count). The van der Waals surface area contributed by atoms with E-state index in [-0.39, 0.29) is 33.3 Å². The molecule has 0 saturated carbocycles. The van der Waals surface area contributed by atoms with Crippen molar-refractivity contribution in [2.24, 2.45) is 0 Å². The average molecular weight is 288 g/mol. The minimum Gasteiger partial charge on any atom is -0.507 e. The Labute approximate surface area is 106 Å². The fourth-order valence-corrected chi connectivity index (χ4v) is 4.43. The van der Waals surface area contributed by atoms with E-state index in [0.29, 0.717) is 0 Å². The van der Waals surface area contributed by atoms with Crippen LogP contribution < -0.4 is 0 Å². The van der Waals surface area contributed by atoms with Crippen LogP contribution in [-0.2, 0) is 19.7 Å². The van der Waals surface area contributed by atoms with Gasteiger partial charge in [0.1, 0.15) is 10.6 Å². The molecule has 0 amide bonds. The van der Waals surface area contributed by atoms with Gasteiger partial charge in [0, 0.05) is 16.7 Å². The lowest BCUT2D eigenvalue weighted by Crippen LogP contribution is -2.09. The van der Waals surface area contributed by atoms with Crippen LogP contribution in [0.15, 0.2) is 28.5 Å². The Morgan fingerprint density at radius 2 is 1.94 bits per heavy atom. The first-order valence-electron chi connectivity index (χ1n) is 5.25. The molecule has 1 aromatic carbocycles. The Hall–Kier alpha value is -1.34. The minimum atomic E-state index is -3.74. The summed E-state index contributed by atoms with van der Waals surface area (Å²) in [4.78, 5) is -0.202. The Balaban J connectivity index is 2.60. The van der Waals surface area contributed by atoms with Crippen molar-refractivity contribution >= 4 is 25.2 Å². The smallest absolute Gasteiger partial charge is 0.204 e. The van der Waals surface area contributed by atoms with E-state index in [0.717, 1.165) is 5.41 Å². The number of phenols is 1. The van der Waals surface area contributed by atoms with Crippen molar-refractivity contribution in [3.63, 3.8) is 0 Å². The molecule has 0 aliphatic carbocycles. The molecule has 0 fully saturated rings. The lowest BCUT2D eigenvalue weighted by Gasteiger charge is -2.05. The maximum absolute atomic E-state index is 11.8. The van der Waals surface area contributed by atoms with Gasteiger partial charge in [-0.1, -0.05) is 19.1 Å². The summed E-state index contributed by atoms with van der Waals surface area (Å²) < 4.78 is 46.8. The van der Waals surface area contributed by atoms with Crippen molar-refractivity contribution in [2.45, 2.75) is 11.8 Å². The lowest BCUT2D eigenvalue weighted by molar-refractivity contribution is 0.459. The highest BCUT2D eigenvalue weighted by molar-refractivity contribution is 7.95. The minimum absolute atomic E-state index is 0.0570. The van der Waals surface area contributed by atoms with Gasteiger partial charge in [0.05, 0.1) is 5.75 Å². The highest BCUT2D eigenvalue weighted by atomic mass is 32.2. The van der Waals surface area contributed by atoms with E-state index in [1.165, 1.54) is 25.1 Å². The molecule has 0 aromatic heterocycles. The predicted octanol–water partition coefficient (Wildman–Crippen LogP) is 0.955. The summed E-state index contributed by atoms with van der Waals surface area (Å²) in [6.45, 7) is 1.50. The van der Waals surface area contributed by atoms with E-state index in [1.54, 1.807) is 0 Å². The molecule has 1 aliphatic rings. The Bertz CT molecular complexity index is 727. The molecule has 0 radical (unpaired) electrons. The fraction of sp³-hybridized carbons (Fsp3) is 0.273. The van der Waals surface area contributed by atoms with Crippen molar-refractivity contribution in [1.29, 1.82) is 0 Å². The maximum Gasteiger partial charge on any atom is 0.204 e. The normalized spacial score (nSPS) is 17.3. The van der Waals surface area contributed by atoms with E-state index >= 15 is 0 Å². The SMILES string of the molecule is CCS(=O)(=O)CC1=CS(=O)(=O)c2c(O)cccc21. The van der Waals surface area contributed by atoms with Gasteiger partial charge in [0.15, 0.2) is 9.84 Å². The second kappa shape index (κ2) is 4.10. The average Bonchev–Trinajstić information content (AvgIpc) is 2.51. The molecule has 0 saturated heterocycles. The van der Waals surface area contributed by atoms with Gasteiger partial charge in [-0.15, -0.1) is 0 Å². The summed E-state index contributed by atoms with van der Waals surface area (Å²) in [5, 5.41) is 10.5. The molecular weight excluding hydrogens is 276 g/mol. The standard InChI is InChI=1S/C11H12O5S2/c1-2-17(13,14)6-8-7-18(15,16)11-9(8)4-3-5-10(11)12/h3-5,7,12H,2,6H2,1H3. The molecule has 98 valence electrons. The molecule has 7 heteroatoms. The molecular formula is C11H12O5S2. The van der Waals surface area contributed by atoms with Crippen LogP contribution in [0.4, 0.5) is 0 Å². The largest absolute Gasteiger partial charge is 0.507 e. The second-order valence-electron chi connectivity index (χ2n) is 4.02. The number of fused-ring (bicyclic) bond motifs is 1.